The van der Waals surface area contributed by atoms with Gasteiger partial charge in [-0.3, -0.25) is 9.89 Å². The van der Waals surface area contributed by atoms with Crippen molar-refractivity contribution >= 4 is 28.6 Å². The SMILES string of the molecule is COc1nc(Nc2ccc(C(=O)N3CCOCC3)c3c2OCCO3)nc2[nH]ncc12. The molecule has 0 atom stereocenters. The molecule has 4 heterocycles. The van der Waals surface area contributed by atoms with Gasteiger partial charge in [-0.25, -0.2) is 0 Å². The Kier molecular flexibility index (Phi) is 4.71. The lowest BCUT2D eigenvalue weighted by atomic mass is 10.1. The van der Waals surface area contributed by atoms with E-state index in [1.807, 2.05) is 0 Å². The predicted molar refractivity (Wildman–Crippen MR) is 106 cm³/mol. The van der Waals surface area contributed by atoms with Gasteiger partial charge in [0.25, 0.3) is 5.91 Å². The Morgan fingerprint density at radius 3 is 2.73 bits per heavy atom. The molecular formula is C19H20N6O5. The molecule has 0 aliphatic carbocycles. The van der Waals surface area contributed by atoms with Crippen molar-refractivity contribution < 1.29 is 23.7 Å². The quantitative estimate of drug-likeness (QED) is 0.653. The third-order valence-corrected chi connectivity index (χ3v) is 4.93. The number of aromatic nitrogens is 4. The summed E-state index contributed by atoms with van der Waals surface area (Å²) in [7, 11) is 1.53. The number of H-pyrrole nitrogens is 1. The summed E-state index contributed by atoms with van der Waals surface area (Å²) in [6.07, 6.45) is 1.60. The van der Waals surface area contributed by atoms with Gasteiger partial charge in [0.2, 0.25) is 11.8 Å². The van der Waals surface area contributed by atoms with E-state index < -0.39 is 0 Å². The lowest BCUT2D eigenvalue weighted by Gasteiger charge is -2.29. The number of benzene rings is 1. The minimum absolute atomic E-state index is 0.108. The van der Waals surface area contributed by atoms with Gasteiger partial charge in [0.05, 0.1) is 37.8 Å². The van der Waals surface area contributed by atoms with Gasteiger partial charge < -0.3 is 29.2 Å². The zero-order valence-electron chi connectivity index (χ0n) is 16.3. The third kappa shape index (κ3) is 3.22. The van der Waals surface area contributed by atoms with Crippen molar-refractivity contribution in [1.29, 1.82) is 0 Å². The maximum atomic E-state index is 13.0. The molecule has 156 valence electrons. The molecule has 2 aliphatic heterocycles. The molecule has 2 aromatic heterocycles. The molecule has 0 radical (unpaired) electrons. The molecule has 5 rings (SSSR count). The number of hydrogen-bond acceptors (Lipinski definition) is 9. The maximum Gasteiger partial charge on any atom is 0.257 e. The van der Waals surface area contributed by atoms with Crippen molar-refractivity contribution in [2.24, 2.45) is 0 Å². The lowest BCUT2D eigenvalue weighted by Crippen LogP contribution is -2.41. The van der Waals surface area contributed by atoms with Crippen molar-refractivity contribution in [3.05, 3.63) is 23.9 Å². The first-order valence-electron chi connectivity index (χ1n) is 9.56. The number of aromatic amines is 1. The Morgan fingerprint density at radius 1 is 1.13 bits per heavy atom. The van der Waals surface area contributed by atoms with Crippen LogP contribution in [0.1, 0.15) is 10.4 Å². The first-order chi connectivity index (χ1) is 14.7. The van der Waals surface area contributed by atoms with Crippen molar-refractivity contribution in [2.75, 3.05) is 51.9 Å². The number of carbonyl (C=O) groups is 1. The molecule has 2 aliphatic rings. The Bertz CT molecular complexity index is 1090. The van der Waals surface area contributed by atoms with E-state index in [0.29, 0.717) is 85.1 Å². The number of nitrogens with zero attached hydrogens (tertiary/aromatic N) is 4. The number of morpholine rings is 1. The van der Waals surface area contributed by atoms with Crippen LogP contribution in [0.4, 0.5) is 11.6 Å². The Balaban J connectivity index is 1.50. The molecule has 1 aromatic carbocycles. The molecule has 0 saturated carbocycles. The number of nitrogens with one attached hydrogen (secondary N) is 2. The summed E-state index contributed by atoms with van der Waals surface area (Å²) in [6, 6.07) is 3.48. The van der Waals surface area contributed by atoms with Gasteiger partial charge in [-0.15, -0.1) is 0 Å². The van der Waals surface area contributed by atoms with E-state index in [4.69, 9.17) is 18.9 Å². The second-order valence-corrected chi connectivity index (χ2v) is 6.73. The average Bonchev–Trinajstić information content (AvgIpc) is 3.27. The monoisotopic (exact) mass is 412 g/mol. The number of anilines is 2. The van der Waals surface area contributed by atoms with E-state index in [1.165, 1.54) is 7.11 Å². The zero-order valence-corrected chi connectivity index (χ0v) is 16.3. The van der Waals surface area contributed by atoms with Gasteiger partial charge in [-0.2, -0.15) is 15.1 Å². The van der Waals surface area contributed by atoms with E-state index >= 15 is 0 Å². The molecule has 1 amide bonds. The summed E-state index contributed by atoms with van der Waals surface area (Å²) in [5.41, 5.74) is 1.58. The zero-order chi connectivity index (χ0) is 20.5. The maximum absolute atomic E-state index is 13.0. The molecule has 30 heavy (non-hydrogen) atoms. The highest BCUT2D eigenvalue weighted by Gasteiger charge is 2.28. The first kappa shape index (κ1) is 18.4. The van der Waals surface area contributed by atoms with Crippen molar-refractivity contribution in [3.63, 3.8) is 0 Å². The number of ether oxygens (including phenoxy) is 4. The molecule has 11 nitrogen and oxygen atoms in total. The van der Waals surface area contributed by atoms with Crippen LogP contribution in [0, 0.1) is 0 Å². The van der Waals surface area contributed by atoms with E-state index in [9.17, 15) is 4.79 Å². The summed E-state index contributed by atoms with van der Waals surface area (Å²) in [6.45, 7) is 2.89. The smallest absolute Gasteiger partial charge is 0.257 e. The van der Waals surface area contributed by atoms with Gasteiger partial charge in [0.15, 0.2) is 17.1 Å². The van der Waals surface area contributed by atoms with Gasteiger partial charge >= 0.3 is 0 Å². The fourth-order valence-electron chi connectivity index (χ4n) is 3.48. The van der Waals surface area contributed by atoms with Crippen LogP contribution in [0.2, 0.25) is 0 Å². The predicted octanol–water partition coefficient (Wildman–Crippen LogP) is 1.35. The summed E-state index contributed by atoms with van der Waals surface area (Å²) < 4.78 is 22.3. The minimum Gasteiger partial charge on any atom is -0.485 e. The van der Waals surface area contributed by atoms with E-state index in [-0.39, 0.29) is 5.91 Å². The van der Waals surface area contributed by atoms with Crippen molar-refractivity contribution in [3.8, 4) is 17.4 Å². The van der Waals surface area contributed by atoms with Crippen LogP contribution in [0.3, 0.4) is 0 Å². The Hall–Kier alpha value is -3.60. The van der Waals surface area contributed by atoms with Crippen LogP contribution in [-0.2, 0) is 4.74 Å². The topological polar surface area (TPSA) is 124 Å². The van der Waals surface area contributed by atoms with Gasteiger partial charge in [0, 0.05) is 13.1 Å². The molecule has 0 bridgehead atoms. The first-order valence-corrected chi connectivity index (χ1v) is 9.56. The molecule has 0 spiro atoms. The standard InChI is InChI=1S/C19H20N6O5/c1-27-17-12-10-20-24-16(12)22-19(23-17)21-13-3-2-11(14-15(13)30-9-8-29-14)18(26)25-4-6-28-7-5-25/h2-3,10H,4-9H2,1H3,(H2,20,21,22,23,24). The molecule has 1 saturated heterocycles. The number of methoxy groups -OCH3 is 1. The number of rotatable bonds is 4. The van der Waals surface area contributed by atoms with Crippen LogP contribution in [-0.4, -0.2) is 77.6 Å². The number of amides is 1. The Labute approximate surface area is 171 Å². The fraction of sp³-hybridized carbons (Fsp3) is 0.368. The van der Waals surface area contributed by atoms with Crippen molar-refractivity contribution in [2.45, 2.75) is 0 Å². The minimum atomic E-state index is -0.108. The summed E-state index contributed by atoms with van der Waals surface area (Å²) in [4.78, 5) is 23.5. The average molecular weight is 412 g/mol. The van der Waals surface area contributed by atoms with Gasteiger partial charge in [0.1, 0.15) is 18.6 Å². The van der Waals surface area contributed by atoms with Gasteiger partial charge in [-0.1, -0.05) is 0 Å². The molecule has 2 N–H and O–H groups in total. The fourth-order valence-corrected chi connectivity index (χ4v) is 3.48. The molecule has 3 aromatic rings. The summed E-state index contributed by atoms with van der Waals surface area (Å²) >= 11 is 0. The molecule has 1 fully saturated rings. The van der Waals surface area contributed by atoms with Crippen LogP contribution in [0.5, 0.6) is 17.4 Å². The summed E-state index contributed by atoms with van der Waals surface area (Å²) in [5, 5.41) is 10.6. The highest BCUT2D eigenvalue weighted by atomic mass is 16.6. The van der Waals surface area contributed by atoms with E-state index in [0.717, 1.165) is 0 Å². The second kappa shape index (κ2) is 7.67. The van der Waals surface area contributed by atoms with Crippen LogP contribution >= 0.6 is 0 Å². The van der Waals surface area contributed by atoms with E-state index in [2.05, 4.69) is 25.5 Å². The largest absolute Gasteiger partial charge is 0.485 e. The second-order valence-electron chi connectivity index (χ2n) is 6.73. The number of hydrogen-bond donors (Lipinski definition) is 2. The Morgan fingerprint density at radius 2 is 1.93 bits per heavy atom. The third-order valence-electron chi connectivity index (χ3n) is 4.93. The van der Waals surface area contributed by atoms with Crippen LogP contribution < -0.4 is 19.5 Å². The highest BCUT2D eigenvalue weighted by Crippen LogP contribution is 2.42. The van der Waals surface area contributed by atoms with Crippen LogP contribution in [0.15, 0.2) is 18.3 Å². The number of carbonyl (C=O) groups excluding carboxylic acids is 1. The van der Waals surface area contributed by atoms with Crippen molar-refractivity contribution in [1.82, 2.24) is 25.1 Å². The van der Waals surface area contributed by atoms with E-state index in [1.54, 1.807) is 23.2 Å². The summed E-state index contributed by atoms with van der Waals surface area (Å²) in [5.74, 6) is 1.45. The normalized spacial score (nSPS) is 15.8. The molecule has 11 heteroatoms. The number of fused-ring (bicyclic) bond motifs is 2. The van der Waals surface area contributed by atoms with Crippen LogP contribution in [0.25, 0.3) is 11.0 Å². The lowest BCUT2D eigenvalue weighted by molar-refractivity contribution is 0.0298. The molecular weight excluding hydrogens is 392 g/mol. The highest BCUT2D eigenvalue weighted by molar-refractivity contribution is 5.99. The van der Waals surface area contributed by atoms with Gasteiger partial charge in [-0.05, 0) is 12.1 Å². The molecule has 0 unspecified atom stereocenters.